The third-order valence-corrected chi connectivity index (χ3v) is 3.63. The first kappa shape index (κ1) is 15.9. The van der Waals surface area contributed by atoms with E-state index in [9.17, 15) is 4.79 Å². The molecule has 0 aliphatic carbocycles. The highest BCUT2D eigenvalue weighted by Crippen LogP contribution is 2.15. The molecular weight excluding hydrogens is 262 g/mol. The fraction of sp³-hybridized carbons (Fsp3) is 0.692. The number of carbonyl (C=O) groups is 1. The number of ether oxygens (including phenoxy) is 1. The summed E-state index contributed by atoms with van der Waals surface area (Å²) in [4.78, 5) is 18.0. The largest absolute Gasteiger partial charge is 0.466 e. The first-order valence-corrected chi connectivity index (χ1v) is 7.63. The number of rotatable bonds is 9. The minimum absolute atomic E-state index is 0.220. The van der Waals surface area contributed by atoms with E-state index in [1.165, 1.54) is 11.3 Å². The van der Waals surface area contributed by atoms with Gasteiger partial charge in [-0.05, 0) is 20.0 Å². The summed E-state index contributed by atoms with van der Waals surface area (Å²) in [6, 6.07) is 0. The summed E-state index contributed by atoms with van der Waals surface area (Å²) in [6.45, 7) is 10.5. The molecule has 1 aromatic rings. The average molecular weight is 285 g/mol. The van der Waals surface area contributed by atoms with Gasteiger partial charge in [0.25, 0.3) is 0 Å². The van der Waals surface area contributed by atoms with Crippen molar-refractivity contribution in [3.8, 4) is 0 Å². The predicted molar refractivity (Wildman–Crippen MR) is 78.7 cm³/mol. The molecule has 0 amide bonds. The Morgan fingerprint density at radius 1 is 1.42 bits per heavy atom. The Labute approximate surface area is 119 Å². The van der Waals surface area contributed by atoms with E-state index in [4.69, 9.17) is 4.74 Å². The number of hydrogen-bond donors (Lipinski definition) is 1. The smallest absolute Gasteiger partial charge is 0.311 e. The molecule has 0 saturated heterocycles. The number of nitrogens with zero attached hydrogens (tertiary/aromatic N) is 2. The molecule has 1 N–H and O–H groups in total. The van der Waals surface area contributed by atoms with Crippen LogP contribution in [0.2, 0.25) is 0 Å². The third kappa shape index (κ3) is 6.02. The van der Waals surface area contributed by atoms with Crippen LogP contribution in [0.15, 0.2) is 5.38 Å². The second-order valence-electron chi connectivity index (χ2n) is 4.08. The SMILES string of the molecule is CCOC(=O)Cc1csc(NCCN(CC)CC)n1. The fourth-order valence-corrected chi connectivity index (χ4v) is 2.43. The fourth-order valence-electron chi connectivity index (χ4n) is 1.69. The summed E-state index contributed by atoms with van der Waals surface area (Å²) in [5, 5.41) is 6.05. The van der Waals surface area contributed by atoms with Gasteiger partial charge in [-0.25, -0.2) is 4.98 Å². The van der Waals surface area contributed by atoms with Crippen LogP contribution in [0.3, 0.4) is 0 Å². The lowest BCUT2D eigenvalue weighted by molar-refractivity contribution is -0.142. The number of aromatic nitrogens is 1. The zero-order valence-corrected chi connectivity index (χ0v) is 12.8. The maximum absolute atomic E-state index is 11.3. The highest BCUT2D eigenvalue weighted by atomic mass is 32.1. The molecule has 1 aromatic heterocycles. The molecule has 19 heavy (non-hydrogen) atoms. The maximum atomic E-state index is 11.3. The van der Waals surface area contributed by atoms with Crippen LogP contribution in [0.25, 0.3) is 0 Å². The summed E-state index contributed by atoms with van der Waals surface area (Å²) in [5.74, 6) is -0.220. The lowest BCUT2D eigenvalue weighted by Crippen LogP contribution is -2.28. The van der Waals surface area contributed by atoms with Gasteiger partial charge in [-0.1, -0.05) is 13.8 Å². The van der Waals surface area contributed by atoms with Crippen LogP contribution in [0.5, 0.6) is 0 Å². The lowest BCUT2D eigenvalue weighted by atomic mass is 10.3. The lowest BCUT2D eigenvalue weighted by Gasteiger charge is -2.17. The van der Waals surface area contributed by atoms with Gasteiger partial charge in [0.1, 0.15) is 0 Å². The van der Waals surface area contributed by atoms with Crippen LogP contribution in [-0.2, 0) is 16.0 Å². The second-order valence-corrected chi connectivity index (χ2v) is 4.94. The van der Waals surface area contributed by atoms with Crippen molar-refractivity contribution in [2.75, 3.05) is 38.1 Å². The average Bonchev–Trinajstić information content (AvgIpc) is 2.82. The molecule has 0 fully saturated rings. The van der Waals surface area contributed by atoms with Gasteiger partial charge in [-0.3, -0.25) is 4.79 Å². The number of likely N-dealkylation sites (N-methyl/N-ethyl adjacent to an activating group) is 1. The molecule has 1 heterocycles. The summed E-state index contributed by atoms with van der Waals surface area (Å²) < 4.78 is 4.90. The van der Waals surface area contributed by atoms with E-state index < -0.39 is 0 Å². The van der Waals surface area contributed by atoms with Gasteiger partial charge in [-0.15, -0.1) is 11.3 Å². The Kier molecular flexibility index (Phi) is 7.43. The van der Waals surface area contributed by atoms with Gasteiger partial charge in [0.2, 0.25) is 0 Å². The van der Waals surface area contributed by atoms with Crippen LogP contribution in [0.1, 0.15) is 26.5 Å². The van der Waals surface area contributed by atoms with Crippen molar-refractivity contribution >= 4 is 22.4 Å². The molecule has 1 rings (SSSR count). The van der Waals surface area contributed by atoms with Gasteiger partial charge in [0.05, 0.1) is 18.7 Å². The van der Waals surface area contributed by atoms with Gasteiger partial charge >= 0.3 is 5.97 Å². The van der Waals surface area contributed by atoms with E-state index in [1.54, 1.807) is 6.92 Å². The van der Waals surface area contributed by atoms with E-state index in [1.807, 2.05) is 5.38 Å². The van der Waals surface area contributed by atoms with Crippen LogP contribution in [0, 0.1) is 0 Å². The molecule has 6 heteroatoms. The zero-order chi connectivity index (χ0) is 14.1. The van der Waals surface area contributed by atoms with Crippen LogP contribution >= 0.6 is 11.3 Å². The van der Waals surface area contributed by atoms with Crippen LogP contribution in [-0.4, -0.2) is 48.6 Å². The molecular formula is C13H23N3O2S. The van der Waals surface area contributed by atoms with E-state index in [0.29, 0.717) is 6.61 Å². The van der Waals surface area contributed by atoms with Crippen molar-refractivity contribution in [2.24, 2.45) is 0 Å². The van der Waals surface area contributed by atoms with E-state index in [0.717, 1.165) is 37.0 Å². The Bertz CT molecular complexity index is 378. The molecule has 0 saturated carbocycles. The van der Waals surface area contributed by atoms with Crippen molar-refractivity contribution in [1.82, 2.24) is 9.88 Å². The van der Waals surface area contributed by atoms with E-state index >= 15 is 0 Å². The predicted octanol–water partition coefficient (Wildman–Crippen LogP) is 2.00. The minimum atomic E-state index is -0.220. The van der Waals surface area contributed by atoms with Gasteiger partial charge in [0, 0.05) is 18.5 Å². The van der Waals surface area contributed by atoms with Crippen LogP contribution in [0.4, 0.5) is 5.13 Å². The summed E-state index contributed by atoms with van der Waals surface area (Å²) in [5.41, 5.74) is 0.772. The number of thiazole rings is 1. The van der Waals surface area contributed by atoms with Crippen molar-refractivity contribution in [3.63, 3.8) is 0 Å². The number of nitrogens with one attached hydrogen (secondary N) is 1. The number of hydrogen-bond acceptors (Lipinski definition) is 6. The molecule has 0 radical (unpaired) electrons. The van der Waals surface area contributed by atoms with E-state index in [2.05, 4.69) is 29.0 Å². The first-order chi connectivity index (χ1) is 9.19. The van der Waals surface area contributed by atoms with Crippen molar-refractivity contribution in [2.45, 2.75) is 27.2 Å². The normalized spacial score (nSPS) is 10.7. The molecule has 0 aliphatic heterocycles. The highest BCUT2D eigenvalue weighted by Gasteiger charge is 2.08. The van der Waals surface area contributed by atoms with Crippen molar-refractivity contribution in [3.05, 3.63) is 11.1 Å². The Morgan fingerprint density at radius 2 is 2.16 bits per heavy atom. The minimum Gasteiger partial charge on any atom is -0.466 e. The Morgan fingerprint density at radius 3 is 2.79 bits per heavy atom. The summed E-state index contributed by atoms with van der Waals surface area (Å²) in [6.07, 6.45) is 0.252. The second kappa shape index (κ2) is 8.87. The van der Waals surface area contributed by atoms with Crippen molar-refractivity contribution < 1.29 is 9.53 Å². The quantitative estimate of drug-likeness (QED) is 0.703. The Balaban J connectivity index is 2.32. The third-order valence-electron chi connectivity index (χ3n) is 2.78. The summed E-state index contributed by atoms with van der Waals surface area (Å²) in [7, 11) is 0. The summed E-state index contributed by atoms with van der Waals surface area (Å²) >= 11 is 1.53. The van der Waals surface area contributed by atoms with Crippen LogP contribution < -0.4 is 5.32 Å². The molecule has 0 aliphatic rings. The van der Waals surface area contributed by atoms with Gasteiger partial charge in [0.15, 0.2) is 5.13 Å². The monoisotopic (exact) mass is 285 g/mol. The topological polar surface area (TPSA) is 54.5 Å². The van der Waals surface area contributed by atoms with Gasteiger partial charge in [-0.2, -0.15) is 0 Å². The molecule has 0 aromatic carbocycles. The number of esters is 1. The van der Waals surface area contributed by atoms with Gasteiger partial charge < -0.3 is 15.0 Å². The Hall–Kier alpha value is -1.14. The maximum Gasteiger partial charge on any atom is 0.311 e. The van der Waals surface area contributed by atoms with E-state index in [-0.39, 0.29) is 12.4 Å². The molecule has 0 bridgehead atoms. The van der Waals surface area contributed by atoms with Crippen molar-refractivity contribution in [1.29, 1.82) is 0 Å². The zero-order valence-electron chi connectivity index (χ0n) is 11.9. The molecule has 108 valence electrons. The molecule has 0 atom stereocenters. The highest BCUT2D eigenvalue weighted by molar-refractivity contribution is 7.13. The molecule has 0 unspecified atom stereocenters. The number of carbonyl (C=O) groups excluding carboxylic acids is 1. The molecule has 0 spiro atoms. The molecule has 5 nitrogen and oxygen atoms in total. The first-order valence-electron chi connectivity index (χ1n) is 6.75. The standard InChI is InChI=1S/C13H23N3O2S/c1-4-16(5-2)8-7-14-13-15-11(10-19-13)9-12(17)18-6-3/h10H,4-9H2,1-3H3,(H,14,15). The number of anilines is 1.